The Bertz CT molecular complexity index is 722. The Morgan fingerprint density at radius 3 is 2.08 bits per heavy atom. The van der Waals surface area contributed by atoms with E-state index in [0.717, 1.165) is 0 Å². The molecule has 0 aromatic heterocycles. The molecule has 0 aliphatic carbocycles. The normalized spacial score (nSPS) is 9.08. The Kier molecular flexibility index (Phi) is 16.2. The summed E-state index contributed by atoms with van der Waals surface area (Å²) in [4.78, 5) is 0. The largest absolute Gasteiger partial charge is 1.00 e. The van der Waals surface area contributed by atoms with E-state index in [1.165, 1.54) is 45.5 Å². The molecule has 0 saturated heterocycles. The average molecular weight is 462 g/mol. The van der Waals surface area contributed by atoms with Crippen molar-refractivity contribution in [1.82, 2.24) is 0 Å². The van der Waals surface area contributed by atoms with Crippen molar-refractivity contribution in [2.75, 3.05) is 0 Å². The fourth-order valence-electron chi connectivity index (χ4n) is 2.42. The molecule has 142 valence electrons. The summed E-state index contributed by atoms with van der Waals surface area (Å²) in [5.74, 6) is 0. The maximum atomic E-state index is 5.68. The summed E-state index contributed by atoms with van der Waals surface area (Å²) < 4.78 is 0. The minimum atomic E-state index is -0.413. The number of hydrogen-bond donors (Lipinski definition) is 0. The second-order valence-electron chi connectivity index (χ2n) is 6.07. The van der Waals surface area contributed by atoms with Gasteiger partial charge in [0, 0.05) is 0 Å². The number of aryl methyl sites for hydroxylation is 2. The molecule has 0 saturated carbocycles. The van der Waals surface area contributed by atoms with Crippen LogP contribution in [-0.4, -0.2) is 5.50 Å². The smallest absolute Gasteiger partial charge is 0.0630 e. The molecule has 0 heterocycles. The van der Waals surface area contributed by atoms with Crippen molar-refractivity contribution in [3.05, 3.63) is 70.8 Å². The number of rotatable bonds is 2. The van der Waals surface area contributed by atoms with E-state index in [0.29, 0.717) is 0 Å². The van der Waals surface area contributed by atoms with Gasteiger partial charge in [0.1, 0.15) is 0 Å². The molecule has 26 heavy (non-hydrogen) atoms. The molecule has 0 fully saturated rings. The van der Waals surface area contributed by atoms with Crippen LogP contribution in [-0.2, 0) is 19.2 Å². The van der Waals surface area contributed by atoms with Crippen LogP contribution < -0.4 is 24.8 Å². The first kappa shape index (κ1) is 28.2. The quantitative estimate of drug-likeness (QED) is 0.302. The third-order valence-corrected chi connectivity index (χ3v) is 6.87. The summed E-state index contributed by atoms with van der Waals surface area (Å²) in [6.45, 7) is 10.8. The Hall–Kier alpha value is -0.0188. The fourth-order valence-corrected chi connectivity index (χ4v) is 4.60. The zero-order valence-electron chi connectivity index (χ0n) is 16.2. The van der Waals surface area contributed by atoms with Gasteiger partial charge in [0.05, 0.1) is 0 Å². The van der Waals surface area contributed by atoms with E-state index in [1.54, 1.807) is 0 Å². The Morgan fingerprint density at radius 1 is 1.12 bits per heavy atom. The first-order valence-electron chi connectivity index (χ1n) is 8.40. The summed E-state index contributed by atoms with van der Waals surface area (Å²) in [6, 6.07) is 18.2. The molecule has 5 heteroatoms. The van der Waals surface area contributed by atoms with Crippen molar-refractivity contribution < 1.29 is 44.0 Å². The van der Waals surface area contributed by atoms with E-state index < -0.39 is 5.50 Å². The maximum absolute atomic E-state index is 5.68. The van der Waals surface area contributed by atoms with Crippen molar-refractivity contribution in [3.63, 3.8) is 0 Å². The van der Waals surface area contributed by atoms with Gasteiger partial charge in [-0.2, -0.15) is 45.8 Å². The zero-order chi connectivity index (χ0) is 18.1. The summed E-state index contributed by atoms with van der Waals surface area (Å²) in [5, 5.41) is 2.66. The Labute approximate surface area is 188 Å². The van der Waals surface area contributed by atoms with Gasteiger partial charge in [-0.05, 0) is 0 Å². The van der Waals surface area contributed by atoms with Gasteiger partial charge >= 0.3 is 55.1 Å². The first-order chi connectivity index (χ1) is 11.4. The number of halogens is 3. The van der Waals surface area contributed by atoms with Crippen molar-refractivity contribution in [1.29, 1.82) is 0 Å². The molecule has 0 aliphatic heterocycles. The van der Waals surface area contributed by atoms with Gasteiger partial charge in [0.2, 0.25) is 0 Å². The van der Waals surface area contributed by atoms with E-state index in [1.807, 2.05) is 0 Å². The van der Waals surface area contributed by atoms with Crippen LogP contribution in [0.5, 0.6) is 0 Å². The number of fused-ring (bicyclic) bond motifs is 1. The van der Waals surface area contributed by atoms with Crippen LogP contribution in [0.1, 0.15) is 35.6 Å². The van der Waals surface area contributed by atoms with Gasteiger partial charge in [-0.3, -0.25) is 0 Å². The summed E-state index contributed by atoms with van der Waals surface area (Å²) in [7, 11) is 0. The minimum Gasteiger partial charge on any atom is -1.00 e. The number of benzene rings is 1. The topological polar surface area (TPSA) is 0 Å². The Morgan fingerprint density at radius 2 is 1.73 bits per heavy atom. The Balaban J connectivity index is 0. The molecule has 0 radical (unpaired) electrons. The second kappa shape index (κ2) is 15.0. The molecular formula is C21H27Cl3SiTi-2. The van der Waals surface area contributed by atoms with Gasteiger partial charge in [-0.25, -0.2) is 0 Å². The molecule has 0 N–H and O–H groups in total. The van der Waals surface area contributed by atoms with Crippen LogP contribution in [0.3, 0.4) is 0 Å². The van der Waals surface area contributed by atoms with Crippen molar-refractivity contribution in [2.45, 2.75) is 47.1 Å². The standard InChI is InChI=1S/C9H7.C9H13.C3H7ClSi.2ClH.Ti/c1-2-5-9-7-3-6-8(9)4-1;1-6-5-7(2)9(4)8(6)3;1-2-3-5-4;;;/h1-7H;5H,1-4H3;2-3H2,1H3;2*1H;/q2*-1;;;;+2/p-2. The fraction of sp³-hybridized carbons (Fsp3) is 0.333. The molecule has 0 unspecified atom stereocenters. The summed E-state index contributed by atoms with van der Waals surface area (Å²) in [5.41, 5.74) is 5.33. The van der Waals surface area contributed by atoms with Crippen LogP contribution in [0.4, 0.5) is 0 Å². The summed E-state index contributed by atoms with van der Waals surface area (Å²) in [6.07, 6.45) is 1.24. The van der Waals surface area contributed by atoms with E-state index in [4.69, 9.17) is 11.1 Å². The molecule has 0 atom stereocenters. The van der Waals surface area contributed by atoms with E-state index in [9.17, 15) is 0 Å². The third-order valence-electron chi connectivity index (χ3n) is 4.20. The first-order valence-corrected chi connectivity index (χ1v) is 13.5. The van der Waals surface area contributed by atoms with Crippen LogP contribution in [0, 0.1) is 27.7 Å². The predicted molar refractivity (Wildman–Crippen MR) is 107 cm³/mol. The maximum Gasteiger partial charge on any atom is -0.0630 e. The average Bonchev–Trinajstić information content (AvgIpc) is 3.10. The van der Waals surface area contributed by atoms with Crippen molar-refractivity contribution in [3.8, 4) is 0 Å². The predicted octanol–water partition coefficient (Wildman–Crippen LogP) is 0.876. The molecule has 0 bridgehead atoms. The van der Waals surface area contributed by atoms with E-state index >= 15 is 0 Å². The zero-order valence-corrected chi connectivity index (χ0v) is 21.0. The minimum absolute atomic E-state index is 0. The second-order valence-corrected chi connectivity index (χ2v) is 13.1. The third kappa shape index (κ3) is 9.78. The molecule has 3 aromatic carbocycles. The van der Waals surface area contributed by atoms with Crippen molar-refractivity contribution in [2.24, 2.45) is 0 Å². The van der Waals surface area contributed by atoms with Crippen LogP contribution >= 0.6 is 11.1 Å². The number of hydrogen-bond acceptors (Lipinski definition) is 0. The molecular weight excluding hydrogens is 435 g/mol. The molecule has 3 aromatic rings. The monoisotopic (exact) mass is 460 g/mol. The van der Waals surface area contributed by atoms with Gasteiger partial charge in [0.15, 0.2) is 0 Å². The SMILES string of the molecule is CCC[Si](Cl)=[Ti+2].Cc1c[c-](C)c(C)c1C.[Cl-].[Cl-].c1ccc2[cH-]ccc2c1. The summed E-state index contributed by atoms with van der Waals surface area (Å²) >= 11 is 7.80. The van der Waals surface area contributed by atoms with Gasteiger partial charge < -0.3 is 24.8 Å². The van der Waals surface area contributed by atoms with Gasteiger partial charge in [-0.15, -0.1) is 29.7 Å². The van der Waals surface area contributed by atoms with Gasteiger partial charge in [-0.1, -0.05) is 33.8 Å². The molecule has 0 aliphatic rings. The van der Waals surface area contributed by atoms with E-state index in [-0.39, 0.29) is 24.8 Å². The van der Waals surface area contributed by atoms with Gasteiger partial charge in [0.25, 0.3) is 0 Å². The molecule has 0 amide bonds. The molecule has 3 rings (SSSR count). The van der Waals surface area contributed by atoms with E-state index in [2.05, 4.69) is 102 Å². The van der Waals surface area contributed by atoms with Crippen molar-refractivity contribution >= 4 is 27.3 Å². The molecule has 0 spiro atoms. The van der Waals surface area contributed by atoms with Crippen LogP contribution in [0.2, 0.25) is 6.04 Å². The van der Waals surface area contributed by atoms with Crippen LogP contribution in [0.25, 0.3) is 10.8 Å². The van der Waals surface area contributed by atoms with Crippen LogP contribution in [0.15, 0.2) is 48.5 Å². The molecule has 0 nitrogen and oxygen atoms in total.